The summed E-state index contributed by atoms with van der Waals surface area (Å²) in [7, 11) is 3.45. The van der Waals surface area contributed by atoms with Gasteiger partial charge in [0.25, 0.3) is 5.91 Å². The summed E-state index contributed by atoms with van der Waals surface area (Å²) < 4.78 is 26.4. The van der Waals surface area contributed by atoms with E-state index in [2.05, 4.69) is 10.2 Å². The first-order chi connectivity index (χ1) is 12.0. The number of ether oxygens (including phenoxy) is 2. The van der Waals surface area contributed by atoms with Gasteiger partial charge in [0, 0.05) is 27.1 Å². The molecule has 1 aromatic heterocycles. The van der Waals surface area contributed by atoms with Crippen LogP contribution in [-0.4, -0.2) is 51.9 Å². The molecular weight excluding hydrogens is 327 g/mol. The van der Waals surface area contributed by atoms with Gasteiger partial charge in [-0.2, -0.15) is 0 Å². The number of carbonyl (C=O) groups is 1. The summed E-state index contributed by atoms with van der Waals surface area (Å²) in [5.74, 6) is 0.0357. The number of benzene rings is 1. The number of aryl methyl sites for hydroxylation is 2. The van der Waals surface area contributed by atoms with Gasteiger partial charge in [0.05, 0.1) is 12.1 Å². The van der Waals surface area contributed by atoms with E-state index in [4.69, 9.17) is 9.47 Å². The second kappa shape index (κ2) is 7.18. The molecular formula is C17H21FN4O3. The number of nitrogens with zero attached hydrogens (tertiary/aromatic N) is 4. The second-order valence-electron chi connectivity index (χ2n) is 6.18. The van der Waals surface area contributed by atoms with E-state index in [9.17, 15) is 9.18 Å². The lowest BCUT2D eigenvalue weighted by molar-refractivity contribution is -0.134. The highest BCUT2D eigenvalue weighted by Crippen LogP contribution is 2.32. The van der Waals surface area contributed by atoms with E-state index in [0.29, 0.717) is 18.8 Å². The Bertz CT molecular complexity index is 764. The minimum atomic E-state index is -0.487. The van der Waals surface area contributed by atoms with Gasteiger partial charge in [0.2, 0.25) is 0 Å². The fraction of sp³-hybridized carbons (Fsp3) is 0.471. The van der Waals surface area contributed by atoms with Crippen molar-refractivity contribution in [1.82, 2.24) is 19.7 Å². The fourth-order valence-electron chi connectivity index (χ4n) is 3.03. The van der Waals surface area contributed by atoms with Crippen molar-refractivity contribution < 1.29 is 18.7 Å². The first-order valence-electron chi connectivity index (χ1n) is 8.04. The van der Waals surface area contributed by atoms with Crippen LogP contribution in [0.1, 0.15) is 23.9 Å². The van der Waals surface area contributed by atoms with Gasteiger partial charge in [0.1, 0.15) is 6.33 Å². The number of rotatable bonds is 5. The van der Waals surface area contributed by atoms with E-state index < -0.39 is 5.82 Å². The maximum Gasteiger partial charge on any atom is 0.261 e. The van der Waals surface area contributed by atoms with Crippen LogP contribution < -0.4 is 4.74 Å². The van der Waals surface area contributed by atoms with Gasteiger partial charge >= 0.3 is 0 Å². The molecule has 2 heterocycles. The summed E-state index contributed by atoms with van der Waals surface area (Å²) in [5.41, 5.74) is 0.862. The topological polar surface area (TPSA) is 69.5 Å². The lowest BCUT2D eigenvalue weighted by Crippen LogP contribution is -2.36. The van der Waals surface area contributed by atoms with E-state index in [1.807, 2.05) is 14.0 Å². The Hall–Kier alpha value is -2.48. The molecule has 1 aromatic carbocycles. The lowest BCUT2D eigenvalue weighted by Gasteiger charge is -2.23. The molecule has 2 atom stereocenters. The van der Waals surface area contributed by atoms with E-state index in [1.165, 1.54) is 6.07 Å². The lowest BCUT2D eigenvalue weighted by atomic mass is 10.2. The van der Waals surface area contributed by atoms with Crippen molar-refractivity contribution in [2.24, 2.45) is 7.05 Å². The molecule has 0 saturated carbocycles. The van der Waals surface area contributed by atoms with Crippen LogP contribution in [0.4, 0.5) is 4.39 Å². The van der Waals surface area contributed by atoms with Crippen LogP contribution in [0.25, 0.3) is 0 Å². The van der Waals surface area contributed by atoms with E-state index in [-0.39, 0.29) is 30.4 Å². The quantitative estimate of drug-likeness (QED) is 0.821. The summed E-state index contributed by atoms with van der Waals surface area (Å²) >= 11 is 0. The summed E-state index contributed by atoms with van der Waals surface area (Å²) in [6.45, 7) is 2.03. The number of hydrogen-bond acceptors (Lipinski definition) is 5. The van der Waals surface area contributed by atoms with Crippen molar-refractivity contribution in [2.75, 3.05) is 20.3 Å². The number of hydrogen-bond donors (Lipinski definition) is 0. The molecule has 134 valence electrons. The molecule has 3 rings (SSSR count). The maximum atomic E-state index is 13.8. The van der Waals surface area contributed by atoms with Crippen molar-refractivity contribution >= 4 is 5.91 Å². The van der Waals surface area contributed by atoms with Crippen LogP contribution in [-0.2, 0) is 16.6 Å². The first-order valence-corrected chi connectivity index (χ1v) is 8.04. The van der Waals surface area contributed by atoms with E-state index >= 15 is 0 Å². The molecule has 0 aliphatic carbocycles. The smallest absolute Gasteiger partial charge is 0.261 e. The zero-order valence-corrected chi connectivity index (χ0v) is 14.5. The van der Waals surface area contributed by atoms with E-state index in [1.54, 1.807) is 35.0 Å². The van der Waals surface area contributed by atoms with Crippen LogP contribution in [0.3, 0.4) is 0 Å². The molecule has 1 saturated heterocycles. The Morgan fingerprint density at radius 1 is 1.44 bits per heavy atom. The highest BCUT2D eigenvalue weighted by atomic mass is 19.1. The molecule has 1 aliphatic heterocycles. The van der Waals surface area contributed by atoms with Crippen LogP contribution in [0, 0.1) is 12.7 Å². The Kier molecular flexibility index (Phi) is 4.98. The van der Waals surface area contributed by atoms with Crippen LogP contribution in [0.5, 0.6) is 5.75 Å². The SMILES string of the molecule is CO[C@@H]1C[C@@H](c2nncn2C)N(C(=O)COc2cc(C)ccc2F)C1. The molecule has 0 bridgehead atoms. The van der Waals surface area contributed by atoms with Crippen molar-refractivity contribution in [1.29, 1.82) is 0 Å². The molecule has 0 unspecified atom stereocenters. The molecule has 0 spiro atoms. The summed E-state index contributed by atoms with van der Waals surface area (Å²) in [4.78, 5) is 14.3. The molecule has 8 heteroatoms. The van der Waals surface area contributed by atoms with Gasteiger partial charge in [-0.05, 0) is 24.6 Å². The van der Waals surface area contributed by atoms with Crippen molar-refractivity contribution in [3.05, 3.63) is 41.7 Å². The third-order valence-corrected chi connectivity index (χ3v) is 4.40. The second-order valence-corrected chi connectivity index (χ2v) is 6.18. The molecule has 25 heavy (non-hydrogen) atoms. The molecule has 2 aromatic rings. The maximum absolute atomic E-state index is 13.8. The Morgan fingerprint density at radius 2 is 2.24 bits per heavy atom. The number of amides is 1. The van der Waals surface area contributed by atoms with Gasteiger partial charge in [0.15, 0.2) is 24.0 Å². The average molecular weight is 348 g/mol. The van der Waals surface area contributed by atoms with E-state index in [0.717, 1.165) is 5.56 Å². The summed E-state index contributed by atoms with van der Waals surface area (Å²) in [6.07, 6.45) is 2.14. The standard InChI is InChI=1S/C17H21FN4O3/c1-11-4-5-13(18)15(6-11)25-9-16(23)22-8-12(24-3)7-14(22)17-20-19-10-21(17)2/h4-6,10,12,14H,7-9H2,1-3H3/t12-,14+/m1/s1. The third-order valence-electron chi connectivity index (χ3n) is 4.40. The third kappa shape index (κ3) is 3.63. The van der Waals surface area contributed by atoms with Crippen molar-refractivity contribution in [3.63, 3.8) is 0 Å². The predicted octanol–water partition coefficient (Wildman–Crippen LogP) is 1.63. The van der Waals surface area contributed by atoms with Crippen molar-refractivity contribution in [2.45, 2.75) is 25.5 Å². The fourth-order valence-corrected chi connectivity index (χ4v) is 3.03. The monoisotopic (exact) mass is 348 g/mol. The summed E-state index contributed by atoms with van der Waals surface area (Å²) in [6, 6.07) is 4.31. The van der Waals surface area contributed by atoms with Gasteiger partial charge in [-0.3, -0.25) is 4.79 Å². The zero-order chi connectivity index (χ0) is 18.0. The zero-order valence-electron chi connectivity index (χ0n) is 14.5. The molecule has 1 aliphatic rings. The molecule has 0 radical (unpaired) electrons. The van der Waals surface area contributed by atoms with Gasteiger partial charge in [-0.1, -0.05) is 6.07 Å². The largest absolute Gasteiger partial charge is 0.481 e. The highest BCUT2D eigenvalue weighted by molar-refractivity contribution is 5.78. The van der Waals surface area contributed by atoms with Gasteiger partial charge in [-0.15, -0.1) is 10.2 Å². The summed E-state index contributed by atoms with van der Waals surface area (Å²) in [5, 5.41) is 7.99. The van der Waals surface area contributed by atoms with Crippen LogP contribution in [0.15, 0.2) is 24.5 Å². The minimum Gasteiger partial charge on any atom is -0.481 e. The molecule has 1 fully saturated rings. The molecule has 0 N–H and O–H groups in total. The number of aromatic nitrogens is 3. The van der Waals surface area contributed by atoms with Gasteiger partial charge in [-0.25, -0.2) is 4.39 Å². The van der Waals surface area contributed by atoms with Crippen LogP contribution in [0.2, 0.25) is 0 Å². The number of halogens is 1. The number of likely N-dealkylation sites (tertiary alicyclic amines) is 1. The van der Waals surface area contributed by atoms with Crippen LogP contribution >= 0.6 is 0 Å². The Morgan fingerprint density at radius 3 is 2.92 bits per heavy atom. The first kappa shape index (κ1) is 17.3. The predicted molar refractivity (Wildman–Crippen MR) is 87.5 cm³/mol. The molecule has 1 amide bonds. The average Bonchev–Trinajstić information content (AvgIpc) is 3.21. The number of carbonyl (C=O) groups excluding carboxylic acids is 1. The van der Waals surface area contributed by atoms with Gasteiger partial charge < -0.3 is 18.9 Å². The highest BCUT2D eigenvalue weighted by Gasteiger charge is 2.38. The normalized spacial score (nSPS) is 20.1. The Balaban J connectivity index is 1.73. The van der Waals surface area contributed by atoms with Crippen molar-refractivity contribution in [3.8, 4) is 5.75 Å². The Labute approximate surface area is 145 Å². The molecule has 7 nitrogen and oxygen atoms in total. The minimum absolute atomic E-state index is 0.0750. The number of methoxy groups -OCH3 is 1.